The SMILES string of the molecule is CC(C)(C)CCN1CCCCCOc2ccc(C(=O)N3CCN(Cc4ccc(F)cc4)CC3)cc2Cc2cccc(c2)C1. The zero-order valence-corrected chi connectivity index (χ0v) is 26.3. The normalized spacial score (nSPS) is 17.5. The maximum absolute atomic E-state index is 13.6. The van der Waals surface area contributed by atoms with Crippen molar-refractivity contribution in [3.63, 3.8) is 0 Å². The molecule has 0 radical (unpaired) electrons. The van der Waals surface area contributed by atoms with Crippen LogP contribution in [0.2, 0.25) is 0 Å². The summed E-state index contributed by atoms with van der Waals surface area (Å²) in [5, 5.41) is 0. The second-order valence-corrected chi connectivity index (χ2v) is 13.5. The number of piperazine rings is 1. The zero-order valence-electron chi connectivity index (χ0n) is 26.3. The lowest BCUT2D eigenvalue weighted by atomic mass is 9.92. The van der Waals surface area contributed by atoms with Crippen molar-refractivity contribution in [1.29, 1.82) is 0 Å². The van der Waals surface area contributed by atoms with Crippen LogP contribution < -0.4 is 4.74 Å². The van der Waals surface area contributed by atoms with Crippen molar-refractivity contribution in [3.8, 4) is 5.75 Å². The zero-order chi connectivity index (χ0) is 30.2. The third-order valence-electron chi connectivity index (χ3n) is 8.63. The van der Waals surface area contributed by atoms with Crippen LogP contribution >= 0.6 is 0 Å². The van der Waals surface area contributed by atoms with Crippen molar-refractivity contribution in [2.45, 2.75) is 66.0 Å². The third kappa shape index (κ3) is 9.38. The molecule has 0 N–H and O–H groups in total. The lowest BCUT2D eigenvalue weighted by molar-refractivity contribution is 0.0628. The van der Waals surface area contributed by atoms with E-state index in [9.17, 15) is 9.18 Å². The van der Waals surface area contributed by atoms with E-state index < -0.39 is 0 Å². The number of hydrogen-bond acceptors (Lipinski definition) is 4. The Morgan fingerprint density at radius 3 is 2.37 bits per heavy atom. The van der Waals surface area contributed by atoms with E-state index in [-0.39, 0.29) is 11.7 Å². The fourth-order valence-electron chi connectivity index (χ4n) is 6.01. The van der Waals surface area contributed by atoms with E-state index in [4.69, 9.17) is 4.74 Å². The standard InChI is InChI=1S/C37H48FN3O2/c1-37(2,3)16-18-39-17-5-4-6-23-43-35-15-12-32(26-33(35)25-30-8-7-9-31(24-30)28-39)36(42)41-21-19-40(20-22-41)27-29-10-13-34(38)14-11-29/h7-15,24,26H,4-6,16-23,25,27-28H2,1-3H3. The van der Waals surface area contributed by atoms with Gasteiger partial charge in [-0.25, -0.2) is 4.39 Å². The molecule has 5 rings (SSSR count). The molecule has 43 heavy (non-hydrogen) atoms. The fraction of sp³-hybridized carbons (Fsp3) is 0.486. The highest BCUT2D eigenvalue weighted by atomic mass is 19.1. The van der Waals surface area contributed by atoms with Crippen LogP contribution in [-0.2, 0) is 19.5 Å². The molecule has 2 aliphatic rings. The molecule has 1 saturated heterocycles. The average molecular weight is 586 g/mol. The van der Waals surface area contributed by atoms with Gasteiger partial charge in [-0.05, 0) is 96.8 Å². The predicted octanol–water partition coefficient (Wildman–Crippen LogP) is 7.18. The van der Waals surface area contributed by atoms with Gasteiger partial charge in [-0.15, -0.1) is 0 Å². The first kappa shape index (κ1) is 31.2. The lowest BCUT2D eigenvalue weighted by Gasteiger charge is -2.35. The van der Waals surface area contributed by atoms with Gasteiger partial charge >= 0.3 is 0 Å². The molecule has 3 aromatic rings. The van der Waals surface area contributed by atoms with Gasteiger partial charge in [0.25, 0.3) is 5.91 Å². The summed E-state index contributed by atoms with van der Waals surface area (Å²) in [6.07, 6.45) is 5.26. The minimum Gasteiger partial charge on any atom is -0.493 e. The van der Waals surface area contributed by atoms with Gasteiger partial charge < -0.3 is 9.64 Å². The van der Waals surface area contributed by atoms with Gasteiger partial charge in [-0.2, -0.15) is 0 Å². The smallest absolute Gasteiger partial charge is 0.253 e. The van der Waals surface area contributed by atoms with Crippen molar-refractivity contribution in [3.05, 3.63) is 100 Å². The first-order valence-electron chi connectivity index (χ1n) is 16.0. The van der Waals surface area contributed by atoms with Crippen LogP contribution in [0.3, 0.4) is 0 Å². The molecule has 1 fully saturated rings. The van der Waals surface area contributed by atoms with Crippen LogP contribution in [0.15, 0.2) is 66.7 Å². The molecule has 0 aliphatic carbocycles. The molecule has 230 valence electrons. The number of nitrogens with zero attached hydrogens (tertiary/aromatic N) is 3. The third-order valence-corrected chi connectivity index (χ3v) is 8.63. The van der Waals surface area contributed by atoms with Crippen molar-refractivity contribution >= 4 is 5.91 Å². The molecule has 2 aliphatic heterocycles. The average Bonchev–Trinajstić information content (AvgIpc) is 2.99. The van der Waals surface area contributed by atoms with Gasteiger partial charge in [-0.1, -0.05) is 57.2 Å². The van der Waals surface area contributed by atoms with E-state index in [0.717, 1.165) is 81.0 Å². The van der Waals surface area contributed by atoms with Gasteiger partial charge in [0, 0.05) is 51.3 Å². The van der Waals surface area contributed by atoms with Crippen molar-refractivity contribution in [2.24, 2.45) is 5.41 Å². The van der Waals surface area contributed by atoms with Crippen LogP contribution in [-0.4, -0.2) is 66.5 Å². The number of fused-ring (bicyclic) bond motifs is 3. The largest absolute Gasteiger partial charge is 0.493 e. The van der Waals surface area contributed by atoms with E-state index in [1.54, 1.807) is 0 Å². The first-order chi connectivity index (χ1) is 20.7. The molecular formula is C37H48FN3O2. The topological polar surface area (TPSA) is 36.0 Å². The van der Waals surface area contributed by atoms with Crippen molar-refractivity contribution < 1.29 is 13.9 Å². The summed E-state index contributed by atoms with van der Waals surface area (Å²) < 4.78 is 19.6. The number of carbonyl (C=O) groups is 1. The maximum atomic E-state index is 13.6. The molecule has 5 nitrogen and oxygen atoms in total. The lowest BCUT2D eigenvalue weighted by Crippen LogP contribution is -2.48. The Balaban J connectivity index is 1.27. The van der Waals surface area contributed by atoms with E-state index in [0.29, 0.717) is 25.1 Å². The minimum absolute atomic E-state index is 0.0758. The first-order valence-corrected chi connectivity index (χ1v) is 16.0. The van der Waals surface area contributed by atoms with Crippen LogP contribution in [0.1, 0.15) is 79.1 Å². The molecule has 3 aromatic carbocycles. The summed E-state index contributed by atoms with van der Waals surface area (Å²) in [5.41, 5.74) is 5.80. The number of ether oxygens (including phenoxy) is 1. The van der Waals surface area contributed by atoms with Crippen molar-refractivity contribution in [1.82, 2.24) is 14.7 Å². The van der Waals surface area contributed by atoms with Crippen LogP contribution in [0.25, 0.3) is 0 Å². The summed E-state index contributed by atoms with van der Waals surface area (Å²) in [4.78, 5) is 20.5. The van der Waals surface area contributed by atoms with Crippen molar-refractivity contribution in [2.75, 3.05) is 45.9 Å². The molecule has 0 aromatic heterocycles. The summed E-state index contributed by atoms with van der Waals surface area (Å²) >= 11 is 0. The summed E-state index contributed by atoms with van der Waals surface area (Å²) in [5.74, 6) is 0.747. The molecule has 2 heterocycles. The van der Waals surface area contributed by atoms with Crippen LogP contribution in [0, 0.1) is 11.2 Å². The van der Waals surface area contributed by atoms with E-state index >= 15 is 0 Å². The monoisotopic (exact) mass is 585 g/mol. The molecule has 1 amide bonds. The summed E-state index contributed by atoms with van der Waals surface area (Å²) in [6, 6.07) is 21.6. The van der Waals surface area contributed by atoms with Crippen LogP contribution in [0.4, 0.5) is 4.39 Å². The second-order valence-electron chi connectivity index (χ2n) is 13.5. The van der Waals surface area contributed by atoms with Gasteiger partial charge in [-0.3, -0.25) is 14.6 Å². The summed E-state index contributed by atoms with van der Waals surface area (Å²) in [7, 11) is 0. The van der Waals surface area contributed by atoms with Gasteiger partial charge in [0.2, 0.25) is 0 Å². The number of rotatable bonds is 5. The Labute approximate surface area is 257 Å². The molecular weight excluding hydrogens is 537 g/mol. The Morgan fingerprint density at radius 1 is 0.837 bits per heavy atom. The number of benzene rings is 3. The molecule has 2 bridgehead atoms. The second kappa shape index (κ2) is 14.5. The molecule has 0 spiro atoms. The Kier molecular flexibility index (Phi) is 10.5. The highest BCUT2D eigenvalue weighted by Gasteiger charge is 2.23. The van der Waals surface area contributed by atoms with E-state index in [2.05, 4.69) is 60.9 Å². The Morgan fingerprint density at radius 2 is 1.60 bits per heavy atom. The van der Waals surface area contributed by atoms with Gasteiger partial charge in [0.05, 0.1) is 6.61 Å². The van der Waals surface area contributed by atoms with E-state index in [1.807, 2.05) is 29.2 Å². The quantitative estimate of drug-likeness (QED) is 0.318. The molecule has 0 atom stereocenters. The number of hydrogen-bond donors (Lipinski definition) is 0. The van der Waals surface area contributed by atoms with Gasteiger partial charge in [0.15, 0.2) is 0 Å². The van der Waals surface area contributed by atoms with Crippen LogP contribution in [0.5, 0.6) is 5.75 Å². The highest BCUT2D eigenvalue weighted by molar-refractivity contribution is 5.94. The Bertz CT molecular complexity index is 1340. The number of halogens is 1. The molecule has 0 unspecified atom stereocenters. The highest BCUT2D eigenvalue weighted by Crippen LogP contribution is 2.27. The van der Waals surface area contributed by atoms with E-state index in [1.165, 1.54) is 36.1 Å². The number of amides is 1. The number of carbonyl (C=O) groups excluding carboxylic acids is 1. The minimum atomic E-state index is -0.213. The maximum Gasteiger partial charge on any atom is 0.253 e. The molecule has 6 heteroatoms. The predicted molar refractivity (Wildman–Crippen MR) is 172 cm³/mol. The summed E-state index contributed by atoms with van der Waals surface area (Å²) in [6.45, 7) is 14.6. The Hall–Kier alpha value is -3.22. The fourth-order valence-corrected chi connectivity index (χ4v) is 6.01. The van der Waals surface area contributed by atoms with Gasteiger partial charge in [0.1, 0.15) is 11.6 Å². The molecule has 0 saturated carbocycles.